The number of nitrogens with one attached hydrogen (secondary N) is 4. The van der Waals surface area contributed by atoms with E-state index in [0.717, 1.165) is 30.9 Å². The number of benzene rings is 1. The second kappa shape index (κ2) is 13.2. The van der Waals surface area contributed by atoms with Crippen LogP contribution in [-0.2, 0) is 28.9 Å². The fourth-order valence-corrected chi connectivity index (χ4v) is 4.32. The number of pyridine rings is 2. The fourth-order valence-electron chi connectivity index (χ4n) is 4.32. The summed E-state index contributed by atoms with van der Waals surface area (Å²) in [7, 11) is 1.28. The summed E-state index contributed by atoms with van der Waals surface area (Å²) in [5.41, 5.74) is 4.65. The Kier molecular flexibility index (Phi) is 9.28. The third-order valence-electron chi connectivity index (χ3n) is 6.31. The number of aliphatic carboxylic acids is 1. The van der Waals surface area contributed by atoms with Crippen LogP contribution in [-0.4, -0.2) is 53.6 Å². The Labute approximate surface area is 226 Å². The van der Waals surface area contributed by atoms with Gasteiger partial charge in [-0.3, -0.25) is 9.78 Å². The van der Waals surface area contributed by atoms with Gasteiger partial charge in [0.25, 0.3) is 0 Å². The molecule has 4 rings (SSSR count). The first-order valence-corrected chi connectivity index (χ1v) is 12.7. The lowest BCUT2D eigenvalue weighted by Crippen LogP contribution is -2.23. The molecular formula is C28H32N6O5. The number of aryl methyl sites for hydroxylation is 1. The van der Waals surface area contributed by atoms with Crippen LogP contribution in [0.15, 0.2) is 48.8 Å². The Morgan fingerprint density at radius 2 is 2.10 bits per heavy atom. The van der Waals surface area contributed by atoms with Crippen molar-refractivity contribution in [1.29, 1.82) is 5.41 Å². The molecule has 1 atom stereocenters. The third kappa shape index (κ3) is 7.67. The molecule has 1 aliphatic heterocycles. The van der Waals surface area contributed by atoms with E-state index in [0.29, 0.717) is 41.2 Å². The number of aromatic nitrogens is 2. The Balaban J connectivity index is 1.42. The molecule has 3 aromatic rings. The molecule has 2 aromatic heterocycles. The molecule has 1 amide bonds. The molecule has 1 aromatic carbocycles. The van der Waals surface area contributed by atoms with Crippen LogP contribution in [0.1, 0.15) is 46.8 Å². The average Bonchev–Trinajstić information content (AvgIpc) is 2.96. The van der Waals surface area contributed by atoms with E-state index in [1.54, 1.807) is 36.7 Å². The Bertz CT molecular complexity index is 1330. The van der Waals surface area contributed by atoms with Gasteiger partial charge in [-0.15, -0.1) is 0 Å². The molecule has 0 saturated carbocycles. The summed E-state index contributed by atoms with van der Waals surface area (Å²) in [6.07, 6.45) is 6.37. The van der Waals surface area contributed by atoms with Crippen molar-refractivity contribution in [2.24, 2.45) is 0 Å². The zero-order valence-electron chi connectivity index (χ0n) is 21.7. The molecule has 39 heavy (non-hydrogen) atoms. The minimum absolute atomic E-state index is 0.183. The van der Waals surface area contributed by atoms with E-state index in [1.807, 2.05) is 6.07 Å². The molecule has 1 unspecified atom stereocenters. The van der Waals surface area contributed by atoms with E-state index in [2.05, 4.69) is 31.7 Å². The molecule has 11 heteroatoms. The summed E-state index contributed by atoms with van der Waals surface area (Å²) in [5, 5.41) is 26.6. The molecule has 0 spiro atoms. The third-order valence-corrected chi connectivity index (χ3v) is 6.31. The molecular weight excluding hydrogens is 500 g/mol. The van der Waals surface area contributed by atoms with Crippen molar-refractivity contribution in [1.82, 2.24) is 15.3 Å². The summed E-state index contributed by atoms with van der Waals surface area (Å²) in [6.45, 7) is 1.55. The molecule has 204 valence electrons. The predicted octanol–water partition coefficient (Wildman–Crippen LogP) is 3.94. The van der Waals surface area contributed by atoms with Crippen LogP contribution >= 0.6 is 0 Å². The van der Waals surface area contributed by atoms with Crippen molar-refractivity contribution in [2.75, 3.05) is 30.9 Å². The molecule has 5 N–H and O–H groups in total. The number of carbonyl (C=O) groups is 2. The number of carboxylic acid groups (broad SMARTS) is 1. The van der Waals surface area contributed by atoms with Gasteiger partial charge in [-0.25, -0.2) is 9.78 Å². The highest BCUT2D eigenvalue weighted by Crippen LogP contribution is 2.28. The van der Waals surface area contributed by atoms with Crippen LogP contribution in [0.2, 0.25) is 0 Å². The largest absolute Gasteiger partial charge is 0.493 e. The minimum atomic E-state index is -0.993. The molecule has 1 aliphatic rings. The summed E-state index contributed by atoms with van der Waals surface area (Å²) < 4.78 is 10.5. The monoisotopic (exact) mass is 532 g/mol. The second-order valence-electron chi connectivity index (χ2n) is 9.10. The topological polar surface area (TPSA) is 159 Å². The van der Waals surface area contributed by atoms with E-state index < -0.39 is 18.1 Å². The van der Waals surface area contributed by atoms with Crippen molar-refractivity contribution in [3.8, 4) is 5.75 Å². The maximum absolute atomic E-state index is 11.6. The van der Waals surface area contributed by atoms with Crippen molar-refractivity contribution in [3.05, 3.63) is 76.7 Å². The number of rotatable bonds is 12. The molecule has 0 fully saturated rings. The van der Waals surface area contributed by atoms with Crippen LogP contribution in [0.4, 0.5) is 16.3 Å². The highest BCUT2D eigenvalue weighted by atomic mass is 16.5. The van der Waals surface area contributed by atoms with E-state index in [-0.39, 0.29) is 13.0 Å². The highest BCUT2D eigenvalue weighted by Gasteiger charge is 2.18. The fraction of sp³-hybridized carbons (Fsp3) is 0.321. The predicted molar refractivity (Wildman–Crippen MR) is 147 cm³/mol. The van der Waals surface area contributed by atoms with E-state index in [9.17, 15) is 14.7 Å². The number of methoxy groups -OCH3 is 1. The maximum Gasteiger partial charge on any atom is 0.407 e. The van der Waals surface area contributed by atoms with Crippen LogP contribution in [0.5, 0.6) is 5.75 Å². The molecule has 3 heterocycles. The Hall–Kier alpha value is -4.67. The number of fused-ring (bicyclic) bond motifs is 1. The highest BCUT2D eigenvalue weighted by molar-refractivity contribution is 5.87. The van der Waals surface area contributed by atoms with Gasteiger partial charge in [-0.05, 0) is 59.9 Å². The van der Waals surface area contributed by atoms with Crippen LogP contribution in [0.3, 0.4) is 0 Å². The van der Waals surface area contributed by atoms with Gasteiger partial charge in [0.2, 0.25) is 0 Å². The quantitative estimate of drug-likeness (QED) is 0.218. The van der Waals surface area contributed by atoms with Crippen LogP contribution < -0.4 is 20.7 Å². The van der Waals surface area contributed by atoms with Gasteiger partial charge in [0.1, 0.15) is 11.6 Å². The van der Waals surface area contributed by atoms with Crippen LogP contribution in [0, 0.1) is 5.41 Å². The average molecular weight is 533 g/mol. The van der Waals surface area contributed by atoms with Gasteiger partial charge in [0, 0.05) is 55.1 Å². The Morgan fingerprint density at radius 3 is 2.90 bits per heavy atom. The van der Waals surface area contributed by atoms with Crippen molar-refractivity contribution < 1.29 is 24.2 Å². The molecule has 0 saturated heterocycles. The number of ether oxygens (including phenoxy) is 2. The first kappa shape index (κ1) is 27.4. The number of alkyl carbamates (subject to hydrolysis) is 1. The smallest absolute Gasteiger partial charge is 0.407 e. The van der Waals surface area contributed by atoms with Gasteiger partial charge in [0.05, 0.1) is 26.2 Å². The van der Waals surface area contributed by atoms with E-state index in [4.69, 9.17) is 15.1 Å². The first-order valence-electron chi connectivity index (χ1n) is 12.7. The molecule has 0 aliphatic carbocycles. The van der Waals surface area contributed by atoms with Gasteiger partial charge in [-0.2, -0.15) is 0 Å². The normalized spacial score (nSPS) is 12.8. The van der Waals surface area contributed by atoms with Gasteiger partial charge in [0.15, 0.2) is 0 Å². The first-order chi connectivity index (χ1) is 18.9. The lowest BCUT2D eigenvalue weighted by atomic mass is 10.0. The second-order valence-corrected chi connectivity index (χ2v) is 9.10. The number of nitrogens with zero attached hydrogens (tertiary/aromatic N) is 2. The van der Waals surface area contributed by atoms with Crippen molar-refractivity contribution >= 4 is 29.8 Å². The summed E-state index contributed by atoms with van der Waals surface area (Å²) in [5.74, 6) is 0.562. The van der Waals surface area contributed by atoms with Gasteiger partial charge in [-0.1, -0.05) is 6.07 Å². The van der Waals surface area contributed by atoms with Gasteiger partial charge >= 0.3 is 12.1 Å². The van der Waals surface area contributed by atoms with E-state index in [1.165, 1.54) is 18.9 Å². The number of hydrogen-bond acceptors (Lipinski definition) is 9. The zero-order valence-corrected chi connectivity index (χ0v) is 21.7. The van der Waals surface area contributed by atoms with Gasteiger partial charge < -0.3 is 35.9 Å². The number of carboxylic acids is 1. The standard InChI is InChI=1S/C28H32N6O5/c1-38-28(37)32-16-18-11-21(17-30-15-18)25(13-26(35)36)34-24-7-6-23(12-20(24)14-29)39-10-8-22-5-4-19-3-2-9-31-27(19)33-22/h4-7,11-12,14-15,17,25,29,34H,2-3,8-10,13,16H2,1H3,(H,31,33)(H,32,37)(H,35,36). The number of carbonyl (C=O) groups excluding carboxylic acids is 1. The van der Waals surface area contributed by atoms with Crippen molar-refractivity contribution in [3.63, 3.8) is 0 Å². The van der Waals surface area contributed by atoms with E-state index >= 15 is 0 Å². The number of anilines is 2. The molecule has 0 bridgehead atoms. The molecule has 11 nitrogen and oxygen atoms in total. The lowest BCUT2D eigenvalue weighted by molar-refractivity contribution is -0.137. The van der Waals surface area contributed by atoms with Crippen molar-refractivity contribution in [2.45, 2.75) is 38.3 Å². The Morgan fingerprint density at radius 1 is 1.23 bits per heavy atom. The minimum Gasteiger partial charge on any atom is -0.493 e. The summed E-state index contributed by atoms with van der Waals surface area (Å²) >= 11 is 0. The lowest BCUT2D eigenvalue weighted by Gasteiger charge is -2.21. The number of hydrogen-bond donors (Lipinski definition) is 5. The SMILES string of the molecule is COC(=O)NCc1cncc(C(CC(=O)O)Nc2ccc(OCCc3ccc4c(n3)NCCC4)cc2C=N)c1. The summed E-state index contributed by atoms with van der Waals surface area (Å²) in [4.78, 5) is 31.9. The molecule has 0 radical (unpaired) electrons. The maximum atomic E-state index is 11.6. The number of amides is 1. The summed E-state index contributed by atoms with van der Waals surface area (Å²) in [6, 6.07) is 10.6. The van der Waals surface area contributed by atoms with Crippen LogP contribution in [0.25, 0.3) is 0 Å². The zero-order chi connectivity index (χ0) is 27.6.